The van der Waals surface area contributed by atoms with Gasteiger partial charge in [0.1, 0.15) is 16.2 Å². The first-order chi connectivity index (χ1) is 9.79. The van der Waals surface area contributed by atoms with Crippen LogP contribution in [0.25, 0.3) is 11.4 Å². The lowest BCUT2D eigenvalue weighted by Gasteiger charge is -2.11. The van der Waals surface area contributed by atoms with Gasteiger partial charge in [-0.05, 0) is 37.8 Å². The first kappa shape index (κ1) is 13.3. The Morgan fingerprint density at radius 3 is 2.80 bits per heavy atom. The Hall–Kier alpha value is -1.68. The maximum absolute atomic E-state index is 5.49. The topological polar surface area (TPSA) is 37.9 Å². The van der Waals surface area contributed by atoms with Gasteiger partial charge in [0.05, 0.1) is 12.7 Å². The second-order valence-electron chi connectivity index (χ2n) is 5.11. The van der Waals surface area contributed by atoms with Gasteiger partial charge in [0, 0.05) is 11.3 Å². The molecule has 0 atom stereocenters. The Balaban J connectivity index is 2.14. The number of benzene rings is 1. The number of ether oxygens (including phenoxy) is 1. The zero-order chi connectivity index (χ0) is 13.9. The summed E-state index contributed by atoms with van der Waals surface area (Å²) in [6, 6.07) is 7.90. The highest BCUT2D eigenvalue weighted by Crippen LogP contribution is 2.29. The summed E-state index contributed by atoms with van der Waals surface area (Å²) in [6.45, 7) is 0. The molecule has 0 spiro atoms. The molecule has 0 saturated heterocycles. The van der Waals surface area contributed by atoms with Crippen molar-refractivity contribution in [3.05, 3.63) is 40.2 Å². The molecule has 1 N–H and O–H groups in total. The zero-order valence-electron chi connectivity index (χ0n) is 11.6. The fourth-order valence-electron chi connectivity index (χ4n) is 2.76. The summed E-state index contributed by atoms with van der Waals surface area (Å²) in [4.78, 5) is 8.07. The van der Waals surface area contributed by atoms with Crippen molar-refractivity contribution in [2.75, 3.05) is 7.11 Å². The van der Waals surface area contributed by atoms with Crippen molar-refractivity contribution in [1.82, 2.24) is 9.97 Å². The smallest absolute Gasteiger partial charge is 0.142 e. The lowest BCUT2D eigenvalue weighted by molar-refractivity contribution is 0.416. The van der Waals surface area contributed by atoms with Crippen molar-refractivity contribution in [2.24, 2.45) is 0 Å². The van der Waals surface area contributed by atoms with E-state index in [1.807, 2.05) is 24.3 Å². The van der Waals surface area contributed by atoms with Crippen molar-refractivity contribution in [1.29, 1.82) is 0 Å². The average Bonchev–Trinajstić information content (AvgIpc) is 2.73. The molecule has 0 fully saturated rings. The summed E-state index contributed by atoms with van der Waals surface area (Å²) in [5, 5.41) is 0. The number of aromatic nitrogens is 2. The summed E-state index contributed by atoms with van der Waals surface area (Å²) in [6.07, 6.45) is 5.79. The maximum atomic E-state index is 5.49. The number of aromatic amines is 1. The fourth-order valence-corrected chi connectivity index (χ4v) is 3.08. The van der Waals surface area contributed by atoms with Crippen molar-refractivity contribution in [3.8, 4) is 17.1 Å². The van der Waals surface area contributed by atoms with Crippen LogP contribution in [0.4, 0.5) is 0 Å². The van der Waals surface area contributed by atoms with Crippen LogP contribution in [0.2, 0.25) is 0 Å². The van der Waals surface area contributed by atoms with Gasteiger partial charge >= 0.3 is 0 Å². The second-order valence-corrected chi connectivity index (χ2v) is 5.50. The predicted molar refractivity (Wildman–Crippen MR) is 82.7 cm³/mol. The standard InChI is InChI=1S/C16H18N2OS/c1-19-14-10-6-5-8-12(14)15-17-13-9-4-2-3-7-11(13)16(20)18-15/h5-6,8,10H,2-4,7,9H2,1H3,(H,17,18,20). The van der Waals surface area contributed by atoms with E-state index in [2.05, 4.69) is 9.97 Å². The number of aryl methyl sites for hydroxylation is 1. The van der Waals surface area contributed by atoms with Gasteiger partial charge in [-0.1, -0.05) is 30.8 Å². The van der Waals surface area contributed by atoms with Gasteiger partial charge in [0.15, 0.2) is 0 Å². The number of para-hydroxylation sites is 1. The van der Waals surface area contributed by atoms with Gasteiger partial charge < -0.3 is 9.72 Å². The molecule has 1 aromatic carbocycles. The van der Waals surface area contributed by atoms with Crippen LogP contribution in [-0.4, -0.2) is 17.1 Å². The summed E-state index contributed by atoms with van der Waals surface area (Å²) < 4.78 is 6.15. The van der Waals surface area contributed by atoms with Crippen LogP contribution >= 0.6 is 12.2 Å². The molecule has 3 rings (SSSR count). The van der Waals surface area contributed by atoms with Crippen molar-refractivity contribution in [3.63, 3.8) is 0 Å². The Bertz CT molecular complexity index is 678. The van der Waals surface area contributed by atoms with Crippen molar-refractivity contribution >= 4 is 12.2 Å². The number of methoxy groups -OCH3 is 1. The summed E-state index contributed by atoms with van der Waals surface area (Å²) in [7, 11) is 1.68. The molecule has 0 amide bonds. The van der Waals surface area contributed by atoms with E-state index in [4.69, 9.17) is 17.0 Å². The van der Waals surface area contributed by atoms with Crippen LogP contribution < -0.4 is 4.74 Å². The summed E-state index contributed by atoms with van der Waals surface area (Å²) in [5.41, 5.74) is 3.45. The molecule has 0 bridgehead atoms. The van der Waals surface area contributed by atoms with E-state index in [1.54, 1.807) is 7.11 Å². The van der Waals surface area contributed by atoms with Crippen LogP contribution in [0, 0.1) is 4.64 Å². The lowest BCUT2D eigenvalue weighted by atomic mass is 10.1. The van der Waals surface area contributed by atoms with Gasteiger partial charge in [0.2, 0.25) is 0 Å². The first-order valence-corrected chi connectivity index (χ1v) is 7.46. The second kappa shape index (κ2) is 5.75. The monoisotopic (exact) mass is 286 g/mol. The van der Waals surface area contributed by atoms with Gasteiger partial charge in [-0.3, -0.25) is 0 Å². The number of fused-ring (bicyclic) bond motifs is 1. The third kappa shape index (κ3) is 2.48. The number of nitrogens with zero attached hydrogens (tertiary/aromatic N) is 1. The van der Waals surface area contributed by atoms with Crippen LogP contribution in [0.1, 0.15) is 30.5 Å². The van der Waals surface area contributed by atoms with E-state index in [-0.39, 0.29) is 0 Å². The molecule has 3 nitrogen and oxygen atoms in total. The quantitative estimate of drug-likeness (QED) is 0.667. The number of nitrogens with one attached hydrogen (secondary N) is 1. The molecule has 0 aliphatic heterocycles. The largest absolute Gasteiger partial charge is 0.496 e. The number of H-pyrrole nitrogens is 1. The van der Waals surface area contributed by atoms with Crippen LogP contribution in [0.3, 0.4) is 0 Å². The van der Waals surface area contributed by atoms with E-state index in [0.717, 1.165) is 34.6 Å². The molecular formula is C16H18N2OS. The SMILES string of the molecule is COc1ccccc1-c1nc(=S)c2c([nH]1)CCCCC2. The minimum Gasteiger partial charge on any atom is -0.496 e. The van der Waals surface area contributed by atoms with E-state index >= 15 is 0 Å². The van der Waals surface area contributed by atoms with Gasteiger partial charge in [-0.25, -0.2) is 4.98 Å². The lowest BCUT2D eigenvalue weighted by Crippen LogP contribution is -2.02. The molecule has 2 aromatic rings. The molecule has 0 saturated carbocycles. The molecule has 0 unspecified atom stereocenters. The maximum Gasteiger partial charge on any atom is 0.142 e. The van der Waals surface area contributed by atoms with E-state index < -0.39 is 0 Å². The van der Waals surface area contributed by atoms with Crippen LogP contribution in [0.15, 0.2) is 24.3 Å². The summed E-state index contributed by atoms with van der Waals surface area (Å²) >= 11 is 5.49. The highest BCUT2D eigenvalue weighted by Gasteiger charge is 2.14. The molecule has 0 radical (unpaired) electrons. The van der Waals surface area contributed by atoms with Gasteiger partial charge in [-0.15, -0.1) is 0 Å². The highest BCUT2D eigenvalue weighted by atomic mass is 32.1. The first-order valence-electron chi connectivity index (χ1n) is 7.05. The van der Waals surface area contributed by atoms with Crippen molar-refractivity contribution in [2.45, 2.75) is 32.1 Å². The van der Waals surface area contributed by atoms with E-state index in [9.17, 15) is 0 Å². The Labute approximate surface area is 124 Å². The predicted octanol–water partition coefficient (Wildman–Crippen LogP) is 4.08. The van der Waals surface area contributed by atoms with Gasteiger partial charge in [0.25, 0.3) is 0 Å². The number of hydrogen-bond donors (Lipinski definition) is 1. The zero-order valence-corrected chi connectivity index (χ0v) is 12.4. The Kier molecular flexibility index (Phi) is 3.83. The van der Waals surface area contributed by atoms with Gasteiger partial charge in [-0.2, -0.15) is 0 Å². The van der Waals surface area contributed by atoms with E-state index in [1.165, 1.54) is 30.5 Å². The van der Waals surface area contributed by atoms with Crippen molar-refractivity contribution < 1.29 is 4.74 Å². The molecular weight excluding hydrogens is 268 g/mol. The molecule has 1 aliphatic rings. The molecule has 1 aliphatic carbocycles. The number of hydrogen-bond acceptors (Lipinski definition) is 3. The molecule has 4 heteroatoms. The molecule has 104 valence electrons. The molecule has 1 heterocycles. The molecule has 20 heavy (non-hydrogen) atoms. The Morgan fingerprint density at radius 2 is 1.95 bits per heavy atom. The minimum atomic E-state index is 0.738. The van der Waals surface area contributed by atoms with Crippen LogP contribution in [0.5, 0.6) is 5.75 Å². The third-order valence-corrected chi connectivity index (χ3v) is 4.16. The normalized spacial score (nSPS) is 14.4. The number of rotatable bonds is 2. The minimum absolute atomic E-state index is 0.738. The summed E-state index contributed by atoms with van der Waals surface area (Å²) in [5.74, 6) is 1.63. The van der Waals surface area contributed by atoms with E-state index in [0.29, 0.717) is 0 Å². The van der Waals surface area contributed by atoms with Crippen LogP contribution in [-0.2, 0) is 12.8 Å². The third-order valence-electron chi connectivity index (χ3n) is 3.82. The molecule has 1 aromatic heterocycles. The fraction of sp³-hybridized carbons (Fsp3) is 0.375. The Morgan fingerprint density at radius 1 is 1.15 bits per heavy atom. The average molecular weight is 286 g/mol. The highest BCUT2D eigenvalue weighted by molar-refractivity contribution is 7.71.